The van der Waals surface area contributed by atoms with E-state index in [0.29, 0.717) is 16.9 Å². The lowest BCUT2D eigenvalue weighted by molar-refractivity contribution is -0.150. The number of carboxylic acid groups (broad SMARTS) is 1. The molecule has 2 aliphatic heterocycles. The fourth-order valence-corrected chi connectivity index (χ4v) is 4.97. The number of halogens is 1. The third-order valence-corrected chi connectivity index (χ3v) is 6.44. The number of hydrogen-bond acceptors (Lipinski definition) is 6. The Hall–Kier alpha value is -2.98. The van der Waals surface area contributed by atoms with Gasteiger partial charge in [0.15, 0.2) is 0 Å². The molecule has 3 rings (SSSR count). The third kappa shape index (κ3) is 5.74. The predicted molar refractivity (Wildman–Crippen MR) is 128 cm³/mol. The first kappa shape index (κ1) is 25.6. The minimum absolute atomic E-state index is 0.118. The van der Waals surface area contributed by atoms with Gasteiger partial charge in [0.1, 0.15) is 28.8 Å². The normalized spacial score (nSPS) is 20.9. The van der Waals surface area contributed by atoms with Crippen molar-refractivity contribution in [3.05, 3.63) is 59.3 Å². The van der Waals surface area contributed by atoms with Gasteiger partial charge in [-0.05, 0) is 31.9 Å². The maximum Gasteiger partial charge on any atom is 0.408 e. The van der Waals surface area contributed by atoms with Gasteiger partial charge in [-0.3, -0.25) is 14.5 Å². The number of nitrogens with one attached hydrogen (secondary N) is 2. The van der Waals surface area contributed by atoms with E-state index in [9.17, 15) is 24.3 Å². The van der Waals surface area contributed by atoms with Gasteiger partial charge in [-0.1, -0.05) is 42.5 Å². The van der Waals surface area contributed by atoms with Gasteiger partial charge >= 0.3 is 12.1 Å². The van der Waals surface area contributed by atoms with Crippen LogP contribution in [0.4, 0.5) is 4.79 Å². The quantitative estimate of drug-likeness (QED) is 0.383. The van der Waals surface area contributed by atoms with Gasteiger partial charge in [0.2, 0.25) is 5.91 Å². The predicted octanol–water partition coefficient (Wildman–Crippen LogP) is 2.79. The Balaban J connectivity index is 1.79. The van der Waals surface area contributed by atoms with Crippen LogP contribution in [-0.2, 0) is 19.1 Å². The second kappa shape index (κ2) is 10.5. The number of fused-ring (bicyclic) bond motifs is 1. The molecule has 1 aromatic carbocycles. The zero-order valence-electron chi connectivity index (χ0n) is 18.9. The van der Waals surface area contributed by atoms with E-state index in [0.717, 1.165) is 0 Å². The lowest BCUT2D eigenvalue weighted by Crippen LogP contribution is -2.71. The largest absolute Gasteiger partial charge is 0.477 e. The highest BCUT2D eigenvalue weighted by molar-refractivity contribution is 8.00. The minimum Gasteiger partial charge on any atom is -0.477 e. The summed E-state index contributed by atoms with van der Waals surface area (Å²) in [5.74, 6) is -1.82. The lowest BCUT2D eigenvalue weighted by atomic mass is 10.0. The molecule has 0 saturated carbocycles. The molecule has 0 radical (unpaired) electrons. The van der Waals surface area contributed by atoms with Crippen molar-refractivity contribution in [2.75, 3.05) is 11.6 Å². The number of amides is 3. The van der Waals surface area contributed by atoms with Gasteiger partial charge in [0.25, 0.3) is 5.91 Å². The number of β-lactam (4-membered cyclic amide) rings is 1. The summed E-state index contributed by atoms with van der Waals surface area (Å²) in [6.45, 7) is 5.11. The Morgan fingerprint density at radius 1 is 1.29 bits per heavy atom. The van der Waals surface area contributed by atoms with Crippen molar-refractivity contribution in [3.8, 4) is 0 Å². The zero-order valence-corrected chi connectivity index (χ0v) is 20.5. The molecule has 3 atom stereocenters. The molecule has 2 aliphatic rings. The molecule has 3 amide bonds. The summed E-state index contributed by atoms with van der Waals surface area (Å²) in [6, 6.07) is 6.52. The SMILES string of the molecule is CC(C)(C)OC(=O)NC(C(=O)N[C@@H]1C(=O)N2C(C(=O)O)=C(C=CCCl)CS[C@@H]12)c1ccccc1. The number of rotatable bonds is 7. The van der Waals surface area contributed by atoms with Crippen molar-refractivity contribution in [1.29, 1.82) is 0 Å². The topological polar surface area (TPSA) is 125 Å². The molecular weight excluding hydrogens is 482 g/mol. The van der Waals surface area contributed by atoms with Gasteiger partial charge in [-0.2, -0.15) is 0 Å². The van der Waals surface area contributed by atoms with Crippen LogP contribution in [0.5, 0.6) is 0 Å². The second-order valence-electron chi connectivity index (χ2n) is 8.62. The molecule has 11 heteroatoms. The van der Waals surface area contributed by atoms with Crippen molar-refractivity contribution in [2.24, 2.45) is 0 Å². The summed E-state index contributed by atoms with van der Waals surface area (Å²) in [4.78, 5) is 51.4. The van der Waals surface area contributed by atoms with Crippen LogP contribution >= 0.6 is 23.4 Å². The van der Waals surface area contributed by atoms with Crippen molar-refractivity contribution >= 4 is 47.2 Å². The summed E-state index contributed by atoms with van der Waals surface area (Å²) >= 11 is 7.00. The molecular formula is C23H26ClN3O6S. The summed E-state index contributed by atoms with van der Waals surface area (Å²) in [6.07, 6.45) is 2.42. The number of alkyl halides is 1. The zero-order chi connectivity index (χ0) is 25.0. The van der Waals surface area contributed by atoms with E-state index in [4.69, 9.17) is 16.3 Å². The first-order valence-corrected chi connectivity index (χ1v) is 12.1. The van der Waals surface area contributed by atoms with Crippen molar-refractivity contribution in [3.63, 3.8) is 0 Å². The number of nitrogens with zero attached hydrogens (tertiary/aromatic N) is 1. The van der Waals surface area contributed by atoms with Crippen molar-refractivity contribution in [2.45, 2.75) is 43.8 Å². The van der Waals surface area contributed by atoms with E-state index >= 15 is 0 Å². The van der Waals surface area contributed by atoms with E-state index in [1.165, 1.54) is 16.7 Å². The molecule has 1 unspecified atom stereocenters. The number of alkyl carbamates (subject to hydrolysis) is 1. The molecule has 34 heavy (non-hydrogen) atoms. The molecule has 1 aromatic rings. The van der Waals surface area contributed by atoms with Gasteiger partial charge in [0.05, 0.1) is 0 Å². The highest BCUT2D eigenvalue weighted by Gasteiger charge is 2.54. The van der Waals surface area contributed by atoms with Crippen LogP contribution in [0.2, 0.25) is 0 Å². The number of benzene rings is 1. The number of allylic oxidation sites excluding steroid dienone is 2. The number of ether oxygens (including phenoxy) is 1. The molecule has 0 aromatic heterocycles. The van der Waals surface area contributed by atoms with Gasteiger partial charge < -0.3 is 20.5 Å². The maximum absolute atomic E-state index is 13.2. The van der Waals surface area contributed by atoms with Crippen LogP contribution < -0.4 is 10.6 Å². The molecule has 1 saturated heterocycles. The summed E-state index contributed by atoms with van der Waals surface area (Å²) in [5.41, 5.74) is 0.0963. The fourth-order valence-electron chi connectivity index (χ4n) is 3.57. The average molecular weight is 508 g/mol. The molecule has 0 bridgehead atoms. The molecule has 9 nitrogen and oxygen atoms in total. The molecule has 1 fully saturated rings. The summed E-state index contributed by atoms with van der Waals surface area (Å²) < 4.78 is 5.28. The Morgan fingerprint density at radius 2 is 1.97 bits per heavy atom. The van der Waals surface area contributed by atoms with Crippen molar-refractivity contribution in [1.82, 2.24) is 15.5 Å². The molecule has 0 aliphatic carbocycles. The van der Waals surface area contributed by atoms with Crippen LogP contribution in [0.3, 0.4) is 0 Å². The van der Waals surface area contributed by atoms with Gasteiger partial charge in [0, 0.05) is 11.6 Å². The Morgan fingerprint density at radius 3 is 2.56 bits per heavy atom. The summed E-state index contributed by atoms with van der Waals surface area (Å²) in [5, 5.41) is 14.3. The van der Waals surface area contributed by atoms with E-state index < -0.39 is 46.9 Å². The van der Waals surface area contributed by atoms with E-state index in [2.05, 4.69) is 10.6 Å². The fraction of sp³-hybridized carbons (Fsp3) is 0.391. The average Bonchev–Trinajstić information content (AvgIpc) is 2.78. The third-order valence-electron chi connectivity index (χ3n) is 4.96. The van der Waals surface area contributed by atoms with Crippen LogP contribution in [-0.4, -0.2) is 62.5 Å². The number of carboxylic acids is 1. The molecule has 182 valence electrons. The summed E-state index contributed by atoms with van der Waals surface area (Å²) in [7, 11) is 0. The first-order valence-electron chi connectivity index (χ1n) is 10.5. The second-order valence-corrected chi connectivity index (χ2v) is 10.0. The molecule has 2 heterocycles. The van der Waals surface area contributed by atoms with Crippen LogP contribution in [0.15, 0.2) is 53.8 Å². The maximum atomic E-state index is 13.2. The molecule has 3 N–H and O–H groups in total. The minimum atomic E-state index is -1.23. The number of carbonyl (C=O) groups excluding carboxylic acids is 3. The van der Waals surface area contributed by atoms with E-state index in [1.807, 2.05) is 0 Å². The van der Waals surface area contributed by atoms with Crippen molar-refractivity contribution < 1.29 is 29.0 Å². The van der Waals surface area contributed by atoms with Crippen LogP contribution in [0.25, 0.3) is 0 Å². The Bertz CT molecular complexity index is 1040. The Kier molecular flexibility index (Phi) is 7.93. The van der Waals surface area contributed by atoms with Crippen LogP contribution in [0, 0.1) is 0 Å². The highest BCUT2D eigenvalue weighted by Crippen LogP contribution is 2.40. The van der Waals surface area contributed by atoms with E-state index in [-0.39, 0.29) is 11.6 Å². The van der Waals surface area contributed by atoms with Crippen LogP contribution in [0.1, 0.15) is 32.4 Å². The smallest absolute Gasteiger partial charge is 0.408 e. The number of carbonyl (C=O) groups is 4. The lowest BCUT2D eigenvalue weighted by Gasteiger charge is -2.49. The first-order chi connectivity index (χ1) is 16.0. The Labute approximate surface area is 206 Å². The molecule has 0 spiro atoms. The number of hydrogen-bond donors (Lipinski definition) is 3. The highest BCUT2D eigenvalue weighted by atomic mass is 35.5. The van der Waals surface area contributed by atoms with E-state index in [1.54, 1.807) is 63.3 Å². The van der Waals surface area contributed by atoms with Gasteiger partial charge in [-0.25, -0.2) is 9.59 Å². The van der Waals surface area contributed by atoms with Gasteiger partial charge in [-0.15, -0.1) is 23.4 Å². The number of thioether (sulfide) groups is 1. The standard InChI is InChI=1S/C23H26ClN3O6S/c1-23(2,3)33-22(32)26-15(13-8-5-4-6-9-13)18(28)25-16-19(29)27-17(21(30)31)14(10-7-11-24)12-34-20(16)27/h4-10,15-16,20H,11-12H2,1-3H3,(H,25,28)(H,26,32)(H,30,31)/t15?,16-,20+/m1/s1. The monoisotopic (exact) mass is 507 g/mol. The number of aliphatic carboxylic acids is 1.